The monoisotopic (exact) mass is 326 g/mol. The molecule has 0 radical (unpaired) electrons. The predicted octanol–water partition coefficient (Wildman–Crippen LogP) is 3.49. The number of ether oxygens (including phenoxy) is 2. The van der Waals surface area contributed by atoms with Crippen LogP contribution in [0.4, 0.5) is 0 Å². The summed E-state index contributed by atoms with van der Waals surface area (Å²) < 4.78 is 10.8. The Kier molecular flexibility index (Phi) is 6.80. The van der Waals surface area contributed by atoms with Crippen LogP contribution in [-0.2, 0) is 0 Å². The fourth-order valence-electron chi connectivity index (χ4n) is 3.09. The summed E-state index contributed by atoms with van der Waals surface area (Å²) in [5.41, 5.74) is 1.15. The Balaban J connectivity index is 2.33. The molecule has 1 aromatic carbocycles. The lowest BCUT2D eigenvalue weighted by Crippen LogP contribution is -2.45. The lowest BCUT2D eigenvalue weighted by atomic mass is 9.98. The molecular formula is C17H27ClN2O2. The molecule has 1 saturated heterocycles. The Morgan fingerprint density at radius 3 is 2.55 bits per heavy atom. The van der Waals surface area contributed by atoms with Crippen LogP contribution in [0.1, 0.15) is 37.8 Å². The van der Waals surface area contributed by atoms with Crippen molar-refractivity contribution in [3.8, 4) is 11.5 Å². The quantitative estimate of drug-likeness (QED) is 0.831. The molecule has 1 heterocycles. The van der Waals surface area contributed by atoms with E-state index in [1.165, 1.54) is 12.8 Å². The number of unbranched alkanes of at least 4 members (excludes halogenated alkanes) is 1. The lowest BCUT2D eigenvalue weighted by molar-refractivity contribution is 0.163. The van der Waals surface area contributed by atoms with Crippen LogP contribution in [0.3, 0.4) is 0 Å². The molecule has 0 bridgehead atoms. The molecule has 1 atom stereocenters. The Morgan fingerprint density at radius 2 is 1.95 bits per heavy atom. The van der Waals surface area contributed by atoms with E-state index in [0.29, 0.717) is 22.6 Å². The van der Waals surface area contributed by atoms with Gasteiger partial charge in [0.15, 0.2) is 11.5 Å². The van der Waals surface area contributed by atoms with Gasteiger partial charge in [-0.3, -0.25) is 4.90 Å². The van der Waals surface area contributed by atoms with E-state index in [2.05, 4.69) is 23.2 Å². The van der Waals surface area contributed by atoms with Crippen LogP contribution in [0.2, 0.25) is 5.02 Å². The third-order valence-electron chi connectivity index (χ3n) is 4.30. The average molecular weight is 327 g/mol. The van der Waals surface area contributed by atoms with Crippen molar-refractivity contribution in [3.05, 3.63) is 22.7 Å². The van der Waals surface area contributed by atoms with E-state index < -0.39 is 0 Å². The number of rotatable bonds is 7. The van der Waals surface area contributed by atoms with Gasteiger partial charge >= 0.3 is 0 Å². The van der Waals surface area contributed by atoms with Gasteiger partial charge in [-0.15, -0.1) is 0 Å². The zero-order valence-corrected chi connectivity index (χ0v) is 14.6. The van der Waals surface area contributed by atoms with Crippen LogP contribution in [0.5, 0.6) is 11.5 Å². The second-order valence-electron chi connectivity index (χ2n) is 5.65. The minimum Gasteiger partial charge on any atom is -0.493 e. The van der Waals surface area contributed by atoms with E-state index in [-0.39, 0.29) is 0 Å². The Bertz CT molecular complexity index is 476. The fraction of sp³-hybridized carbons (Fsp3) is 0.647. The molecule has 1 aromatic rings. The van der Waals surface area contributed by atoms with Gasteiger partial charge in [-0.25, -0.2) is 0 Å². The third-order valence-corrected chi connectivity index (χ3v) is 4.69. The maximum atomic E-state index is 6.64. The lowest BCUT2D eigenvalue weighted by Gasteiger charge is -2.36. The molecule has 5 heteroatoms. The van der Waals surface area contributed by atoms with Gasteiger partial charge in [0, 0.05) is 32.2 Å². The highest BCUT2D eigenvalue weighted by Crippen LogP contribution is 2.42. The Morgan fingerprint density at radius 1 is 1.23 bits per heavy atom. The van der Waals surface area contributed by atoms with Crippen molar-refractivity contribution in [3.63, 3.8) is 0 Å². The van der Waals surface area contributed by atoms with Crippen molar-refractivity contribution in [2.75, 3.05) is 40.4 Å². The van der Waals surface area contributed by atoms with Gasteiger partial charge in [-0.2, -0.15) is 0 Å². The van der Waals surface area contributed by atoms with Crippen molar-refractivity contribution in [1.82, 2.24) is 10.2 Å². The topological polar surface area (TPSA) is 33.7 Å². The largest absolute Gasteiger partial charge is 0.493 e. The van der Waals surface area contributed by atoms with Crippen LogP contribution < -0.4 is 14.8 Å². The standard InChI is InChI=1S/C17H27ClN2O2/c1-4-5-6-14(20-11-9-19-10-12-20)13-7-8-15(21-2)17(22-3)16(13)18/h7-8,14,19H,4-6,9-12H2,1-3H3/t14-/m1/s1. The smallest absolute Gasteiger partial charge is 0.179 e. The molecule has 1 aliphatic heterocycles. The maximum absolute atomic E-state index is 6.64. The molecule has 0 spiro atoms. The predicted molar refractivity (Wildman–Crippen MR) is 91.3 cm³/mol. The summed E-state index contributed by atoms with van der Waals surface area (Å²) in [6.45, 7) is 6.41. The summed E-state index contributed by atoms with van der Waals surface area (Å²) in [6.07, 6.45) is 3.50. The summed E-state index contributed by atoms with van der Waals surface area (Å²) >= 11 is 6.64. The van der Waals surface area contributed by atoms with Crippen LogP contribution in [0.15, 0.2) is 12.1 Å². The van der Waals surface area contributed by atoms with E-state index in [0.717, 1.165) is 38.2 Å². The van der Waals surface area contributed by atoms with E-state index in [1.807, 2.05) is 6.07 Å². The summed E-state index contributed by atoms with van der Waals surface area (Å²) in [5, 5.41) is 4.10. The number of nitrogens with zero attached hydrogens (tertiary/aromatic N) is 1. The molecule has 0 unspecified atom stereocenters. The van der Waals surface area contributed by atoms with Crippen molar-refractivity contribution in [2.24, 2.45) is 0 Å². The molecule has 2 rings (SSSR count). The van der Waals surface area contributed by atoms with Gasteiger partial charge in [0.25, 0.3) is 0 Å². The van der Waals surface area contributed by atoms with Gasteiger partial charge < -0.3 is 14.8 Å². The SMILES string of the molecule is CCCC[C@H](c1ccc(OC)c(OC)c1Cl)N1CCNCC1. The molecule has 124 valence electrons. The Labute approximate surface area is 138 Å². The fourth-order valence-corrected chi connectivity index (χ4v) is 3.45. The Hall–Kier alpha value is -0.970. The second kappa shape index (κ2) is 8.61. The van der Waals surface area contributed by atoms with Crippen LogP contribution >= 0.6 is 11.6 Å². The summed E-state index contributed by atoms with van der Waals surface area (Å²) in [5.74, 6) is 1.32. The molecule has 0 aromatic heterocycles. The van der Waals surface area contributed by atoms with Crippen molar-refractivity contribution >= 4 is 11.6 Å². The van der Waals surface area contributed by atoms with Gasteiger partial charge in [-0.1, -0.05) is 37.4 Å². The van der Waals surface area contributed by atoms with Crippen LogP contribution in [-0.4, -0.2) is 45.3 Å². The zero-order valence-electron chi connectivity index (χ0n) is 13.8. The third kappa shape index (κ3) is 3.86. The minimum atomic E-state index is 0.342. The second-order valence-corrected chi connectivity index (χ2v) is 6.03. The van der Waals surface area contributed by atoms with Gasteiger partial charge in [-0.05, 0) is 18.1 Å². The first kappa shape index (κ1) is 17.4. The number of nitrogens with one attached hydrogen (secondary N) is 1. The number of hydrogen-bond donors (Lipinski definition) is 1. The zero-order chi connectivity index (χ0) is 15.9. The number of halogens is 1. The summed E-state index contributed by atoms with van der Waals surface area (Å²) in [4.78, 5) is 2.53. The first-order chi connectivity index (χ1) is 10.7. The molecule has 1 N–H and O–H groups in total. The molecule has 0 saturated carbocycles. The van der Waals surface area contributed by atoms with E-state index in [1.54, 1.807) is 14.2 Å². The van der Waals surface area contributed by atoms with Crippen molar-refractivity contribution in [1.29, 1.82) is 0 Å². The molecule has 0 aliphatic carbocycles. The van der Waals surface area contributed by atoms with Gasteiger partial charge in [0.2, 0.25) is 0 Å². The highest BCUT2D eigenvalue weighted by molar-refractivity contribution is 6.33. The normalized spacial score (nSPS) is 17.3. The van der Waals surface area contributed by atoms with Crippen molar-refractivity contribution < 1.29 is 9.47 Å². The highest BCUT2D eigenvalue weighted by atomic mass is 35.5. The summed E-state index contributed by atoms with van der Waals surface area (Å²) in [7, 11) is 3.28. The highest BCUT2D eigenvalue weighted by Gasteiger charge is 2.26. The molecule has 4 nitrogen and oxygen atoms in total. The summed E-state index contributed by atoms with van der Waals surface area (Å²) in [6, 6.07) is 4.39. The number of methoxy groups -OCH3 is 2. The number of benzene rings is 1. The van der Waals surface area contributed by atoms with Gasteiger partial charge in [0.05, 0.1) is 19.2 Å². The number of piperazine rings is 1. The van der Waals surface area contributed by atoms with E-state index in [4.69, 9.17) is 21.1 Å². The maximum Gasteiger partial charge on any atom is 0.179 e. The number of hydrogen-bond acceptors (Lipinski definition) is 4. The molecular weight excluding hydrogens is 300 g/mol. The first-order valence-electron chi connectivity index (χ1n) is 8.08. The minimum absolute atomic E-state index is 0.342. The average Bonchev–Trinajstić information content (AvgIpc) is 2.57. The molecule has 1 fully saturated rings. The van der Waals surface area contributed by atoms with Crippen LogP contribution in [0, 0.1) is 0 Å². The van der Waals surface area contributed by atoms with Crippen LogP contribution in [0.25, 0.3) is 0 Å². The van der Waals surface area contributed by atoms with Gasteiger partial charge in [0.1, 0.15) is 0 Å². The molecule has 1 aliphatic rings. The van der Waals surface area contributed by atoms with Crippen molar-refractivity contribution in [2.45, 2.75) is 32.2 Å². The molecule has 0 amide bonds. The molecule has 22 heavy (non-hydrogen) atoms. The van der Waals surface area contributed by atoms with E-state index >= 15 is 0 Å². The van der Waals surface area contributed by atoms with E-state index in [9.17, 15) is 0 Å². The first-order valence-corrected chi connectivity index (χ1v) is 8.45.